The predicted molar refractivity (Wildman–Crippen MR) is 47.7 cm³/mol. The highest BCUT2D eigenvalue weighted by Crippen LogP contribution is 1.88. The van der Waals surface area contributed by atoms with Crippen molar-refractivity contribution in [2.75, 3.05) is 13.1 Å². The molecule has 0 aliphatic heterocycles. The van der Waals surface area contributed by atoms with Crippen LogP contribution in [0.15, 0.2) is 11.6 Å². The zero-order chi connectivity index (χ0) is 9.40. The molecule has 0 rings (SSSR count). The molecule has 12 heavy (non-hydrogen) atoms. The average Bonchev–Trinajstić information content (AvgIpc) is 1.97. The largest absolute Gasteiger partial charge is 0.478 e. The number of rotatable bonds is 5. The van der Waals surface area contributed by atoms with Crippen LogP contribution in [0.3, 0.4) is 0 Å². The van der Waals surface area contributed by atoms with E-state index in [2.05, 4.69) is 11.2 Å². The van der Waals surface area contributed by atoms with E-state index in [1.165, 1.54) is 6.08 Å². The maximum Gasteiger partial charge on any atom is 0.328 e. The monoisotopic (exact) mass is 167 g/mol. The van der Waals surface area contributed by atoms with Crippen LogP contribution in [-0.2, 0) is 4.79 Å². The van der Waals surface area contributed by atoms with Crippen molar-refractivity contribution in [1.82, 2.24) is 5.32 Å². The molecule has 0 amide bonds. The molecule has 0 aliphatic carbocycles. The molecule has 0 heterocycles. The van der Waals surface area contributed by atoms with E-state index in [1.54, 1.807) is 6.92 Å². The molecule has 0 spiro atoms. The van der Waals surface area contributed by atoms with Crippen molar-refractivity contribution in [3.8, 4) is 12.3 Å². The summed E-state index contributed by atoms with van der Waals surface area (Å²) in [6, 6.07) is 0. The van der Waals surface area contributed by atoms with Crippen LogP contribution in [0.4, 0.5) is 0 Å². The fraction of sp³-hybridized carbons (Fsp3) is 0.444. The standard InChI is InChI=1S/C9H13NO2/c1-3-4-5-10-7-8(2)6-9(11)12/h1,6,10H,4-5,7H2,2H3,(H,11,12). The summed E-state index contributed by atoms with van der Waals surface area (Å²) in [6.07, 6.45) is 6.88. The van der Waals surface area contributed by atoms with Gasteiger partial charge in [0.25, 0.3) is 0 Å². The Kier molecular flexibility index (Phi) is 5.76. The number of carboxylic acid groups (broad SMARTS) is 1. The first-order chi connectivity index (χ1) is 5.66. The molecule has 0 atom stereocenters. The normalized spacial score (nSPS) is 10.8. The molecule has 0 bridgehead atoms. The molecular weight excluding hydrogens is 154 g/mol. The molecule has 0 aliphatic rings. The molecule has 0 radical (unpaired) electrons. The first-order valence-electron chi connectivity index (χ1n) is 3.71. The van der Waals surface area contributed by atoms with Crippen molar-refractivity contribution < 1.29 is 9.90 Å². The number of carbonyl (C=O) groups is 1. The summed E-state index contributed by atoms with van der Waals surface area (Å²) in [5.41, 5.74) is 0.791. The third-order valence-electron chi connectivity index (χ3n) is 1.22. The Hall–Kier alpha value is -1.27. The molecule has 0 unspecified atom stereocenters. The van der Waals surface area contributed by atoms with E-state index < -0.39 is 5.97 Å². The van der Waals surface area contributed by atoms with Crippen molar-refractivity contribution in [3.63, 3.8) is 0 Å². The fourth-order valence-corrected chi connectivity index (χ4v) is 0.708. The van der Waals surface area contributed by atoms with Gasteiger partial charge in [0.2, 0.25) is 0 Å². The molecule has 0 saturated carbocycles. The molecule has 0 saturated heterocycles. The van der Waals surface area contributed by atoms with E-state index in [0.29, 0.717) is 13.0 Å². The quantitative estimate of drug-likeness (QED) is 0.359. The van der Waals surface area contributed by atoms with Crippen molar-refractivity contribution >= 4 is 5.97 Å². The smallest absolute Gasteiger partial charge is 0.328 e. The molecule has 0 fully saturated rings. The van der Waals surface area contributed by atoms with Crippen LogP contribution >= 0.6 is 0 Å². The van der Waals surface area contributed by atoms with Gasteiger partial charge in [-0.25, -0.2) is 4.79 Å². The summed E-state index contributed by atoms with van der Waals surface area (Å²) >= 11 is 0. The minimum absolute atomic E-state index is 0.577. The molecule has 0 aromatic carbocycles. The Morgan fingerprint density at radius 2 is 2.42 bits per heavy atom. The molecule has 0 aromatic rings. The molecule has 2 N–H and O–H groups in total. The van der Waals surface area contributed by atoms with Crippen LogP contribution in [0, 0.1) is 12.3 Å². The van der Waals surface area contributed by atoms with Crippen molar-refractivity contribution in [2.24, 2.45) is 0 Å². The Labute approximate surface area is 72.5 Å². The molecule has 0 aromatic heterocycles. The Morgan fingerprint density at radius 1 is 1.75 bits per heavy atom. The number of hydrogen-bond acceptors (Lipinski definition) is 2. The summed E-state index contributed by atoms with van der Waals surface area (Å²) < 4.78 is 0. The third-order valence-corrected chi connectivity index (χ3v) is 1.22. The maximum absolute atomic E-state index is 10.2. The van der Waals surface area contributed by atoms with Gasteiger partial charge in [-0.1, -0.05) is 5.57 Å². The lowest BCUT2D eigenvalue weighted by atomic mass is 10.3. The molecule has 66 valence electrons. The van der Waals surface area contributed by atoms with Crippen LogP contribution in [0.1, 0.15) is 13.3 Å². The molecular formula is C9H13NO2. The van der Waals surface area contributed by atoms with Gasteiger partial charge in [-0.15, -0.1) is 12.3 Å². The molecule has 3 nitrogen and oxygen atoms in total. The summed E-state index contributed by atoms with van der Waals surface area (Å²) in [5.74, 6) is 1.57. The zero-order valence-electron chi connectivity index (χ0n) is 7.13. The number of carboxylic acids is 1. The lowest BCUT2D eigenvalue weighted by molar-refractivity contribution is -0.131. The second-order valence-corrected chi connectivity index (χ2v) is 2.46. The SMILES string of the molecule is C#CCCNCC(C)=CC(=O)O. The van der Waals surface area contributed by atoms with Crippen LogP contribution in [0.2, 0.25) is 0 Å². The zero-order valence-corrected chi connectivity index (χ0v) is 7.13. The minimum Gasteiger partial charge on any atom is -0.478 e. The van der Waals surface area contributed by atoms with Gasteiger partial charge in [-0.05, 0) is 6.92 Å². The first kappa shape index (κ1) is 10.7. The first-order valence-corrected chi connectivity index (χ1v) is 3.71. The average molecular weight is 167 g/mol. The van der Waals surface area contributed by atoms with E-state index in [9.17, 15) is 4.79 Å². The van der Waals surface area contributed by atoms with Crippen LogP contribution in [0.25, 0.3) is 0 Å². The number of aliphatic carboxylic acids is 1. The van der Waals surface area contributed by atoms with Gasteiger partial charge in [0, 0.05) is 25.6 Å². The Balaban J connectivity index is 3.51. The van der Waals surface area contributed by atoms with Crippen molar-refractivity contribution in [3.05, 3.63) is 11.6 Å². The highest BCUT2D eigenvalue weighted by molar-refractivity contribution is 5.80. The highest BCUT2D eigenvalue weighted by atomic mass is 16.4. The predicted octanol–water partition coefficient (Wildman–Crippen LogP) is 0.630. The van der Waals surface area contributed by atoms with Gasteiger partial charge >= 0.3 is 5.97 Å². The van der Waals surface area contributed by atoms with E-state index in [4.69, 9.17) is 11.5 Å². The molecule has 3 heteroatoms. The van der Waals surface area contributed by atoms with Crippen LogP contribution in [0.5, 0.6) is 0 Å². The summed E-state index contributed by atoms with van der Waals surface area (Å²) in [4.78, 5) is 10.2. The lowest BCUT2D eigenvalue weighted by Crippen LogP contribution is -2.17. The summed E-state index contributed by atoms with van der Waals surface area (Å²) in [6.45, 7) is 3.06. The summed E-state index contributed by atoms with van der Waals surface area (Å²) in [5, 5.41) is 11.4. The van der Waals surface area contributed by atoms with E-state index in [-0.39, 0.29) is 0 Å². The van der Waals surface area contributed by atoms with E-state index >= 15 is 0 Å². The second kappa shape index (κ2) is 6.44. The van der Waals surface area contributed by atoms with Gasteiger partial charge in [0.15, 0.2) is 0 Å². The van der Waals surface area contributed by atoms with Crippen molar-refractivity contribution in [2.45, 2.75) is 13.3 Å². The van der Waals surface area contributed by atoms with Crippen LogP contribution in [-0.4, -0.2) is 24.2 Å². The second-order valence-electron chi connectivity index (χ2n) is 2.46. The number of terminal acetylenes is 1. The maximum atomic E-state index is 10.2. The highest BCUT2D eigenvalue weighted by Gasteiger charge is 1.92. The number of hydrogen-bond donors (Lipinski definition) is 2. The van der Waals surface area contributed by atoms with Crippen molar-refractivity contribution in [1.29, 1.82) is 0 Å². The van der Waals surface area contributed by atoms with Gasteiger partial charge in [-0.2, -0.15) is 0 Å². The van der Waals surface area contributed by atoms with Gasteiger partial charge in [0.1, 0.15) is 0 Å². The minimum atomic E-state index is -0.911. The fourth-order valence-electron chi connectivity index (χ4n) is 0.708. The topological polar surface area (TPSA) is 49.3 Å². The Bertz CT molecular complexity index is 213. The van der Waals surface area contributed by atoms with E-state index in [1.807, 2.05) is 0 Å². The van der Waals surface area contributed by atoms with Gasteiger partial charge in [0.05, 0.1) is 0 Å². The van der Waals surface area contributed by atoms with Gasteiger partial charge < -0.3 is 10.4 Å². The summed E-state index contributed by atoms with van der Waals surface area (Å²) in [7, 11) is 0. The Morgan fingerprint density at radius 3 is 2.92 bits per heavy atom. The van der Waals surface area contributed by atoms with Gasteiger partial charge in [-0.3, -0.25) is 0 Å². The van der Waals surface area contributed by atoms with Crippen LogP contribution < -0.4 is 5.32 Å². The lowest BCUT2D eigenvalue weighted by Gasteiger charge is -2.00. The van der Waals surface area contributed by atoms with E-state index in [0.717, 1.165) is 12.1 Å². The third kappa shape index (κ3) is 6.84. The number of nitrogens with one attached hydrogen (secondary N) is 1.